The van der Waals surface area contributed by atoms with Gasteiger partial charge in [-0.05, 0) is 41.5 Å². The molecule has 1 heterocycles. The number of alkyl halides is 3. The molecule has 4 rings (SSSR count). The van der Waals surface area contributed by atoms with E-state index >= 15 is 0 Å². The highest BCUT2D eigenvalue weighted by Crippen LogP contribution is 2.40. The van der Waals surface area contributed by atoms with Gasteiger partial charge in [0.25, 0.3) is 10.0 Å². The van der Waals surface area contributed by atoms with Crippen LogP contribution in [0.4, 0.5) is 13.2 Å². The van der Waals surface area contributed by atoms with Crippen LogP contribution in [0.5, 0.6) is 0 Å². The van der Waals surface area contributed by atoms with E-state index in [1.54, 1.807) is 37.3 Å². The van der Waals surface area contributed by atoms with Crippen molar-refractivity contribution in [2.45, 2.75) is 30.5 Å². The van der Waals surface area contributed by atoms with Crippen LogP contribution in [0.3, 0.4) is 0 Å². The molecule has 8 heteroatoms. The molecular weight excluding hydrogens is 401 g/mol. The highest BCUT2D eigenvalue weighted by Gasteiger charge is 2.46. The van der Waals surface area contributed by atoms with Crippen LogP contribution in [0.25, 0.3) is 10.8 Å². The monoisotopic (exact) mass is 418 g/mol. The Bertz CT molecular complexity index is 1200. The topological polar surface area (TPSA) is 49.7 Å². The minimum Gasteiger partial charge on any atom is -0.200 e. The van der Waals surface area contributed by atoms with E-state index < -0.39 is 34.4 Å². The number of hydrazone groups is 1. The lowest BCUT2D eigenvalue weighted by atomic mass is 9.99. The minimum absolute atomic E-state index is 0.0962. The summed E-state index contributed by atoms with van der Waals surface area (Å²) in [6.45, 7) is 1.80. The molecule has 0 saturated carbocycles. The average molecular weight is 418 g/mol. The molecule has 29 heavy (non-hydrogen) atoms. The zero-order valence-electron chi connectivity index (χ0n) is 15.4. The van der Waals surface area contributed by atoms with E-state index in [1.807, 2.05) is 24.3 Å². The summed E-state index contributed by atoms with van der Waals surface area (Å²) in [5.74, 6) is 0. The van der Waals surface area contributed by atoms with Gasteiger partial charge >= 0.3 is 6.18 Å². The molecule has 0 bridgehead atoms. The number of nitrogens with zero attached hydrogens (tertiary/aromatic N) is 2. The first-order valence-corrected chi connectivity index (χ1v) is 10.3. The van der Waals surface area contributed by atoms with E-state index in [4.69, 9.17) is 0 Å². The van der Waals surface area contributed by atoms with Crippen molar-refractivity contribution in [3.8, 4) is 0 Å². The van der Waals surface area contributed by atoms with Gasteiger partial charge in [-0.15, -0.1) is 0 Å². The van der Waals surface area contributed by atoms with Gasteiger partial charge in [-0.25, -0.2) is 0 Å². The maximum atomic E-state index is 13.4. The van der Waals surface area contributed by atoms with E-state index in [0.717, 1.165) is 16.3 Å². The molecular formula is C21H17F3N2O2S. The van der Waals surface area contributed by atoms with Crippen molar-refractivity contribution in [2.75, 3.05) is 0 Å². The van der Waals surface area contributed by atoms with E-state index in [2.05, 4.69) is 5.10 Å². The Hall–Kier alpha value is -2.87. The smallest absolute Gasteiger partial charge is 0.200 e. The normalized spacial score (nSPS) is 17.6. The molecule has 0 N–H and O–H groups in total. The third-order valence-corrected chi connectivity index (χ3v) is 6.62. The van der Waals surface area contributed by atoms with E-state index in [9.17, 15) is 21.6 Å². The average Bonchev–Trinajstić information content (AvgIpc) is 3.15. The number of sulfonamides is 1. The summed E-state index contributed by atoms with van der Waals surface area (Å²) in [6, 6.07) is 17.4. The fraction of sp³-hybridized carbons (Fsp3) is 0.190. The zero-order chi connectivity index (χ0) is 20.8. The molecule has 0 fully saturated rings. The predicted molar refractivity (Wildman–Crippen MR) is 105 cm³/mol. The number of hydrogen-bond donors (Lipinski definition) is 0. The lowest BCUT2D eigenvalue weighted by Gasteiger charge is -2.23. The summed E-state index contributed by atoms with van der Waals surface area (Å²) < 4.78 is 66.9. The van der Waals surface area contributed by atoms with Crippen molar-refractivity contribution in [1.82, 2.24) is 4.41 Å². The third-order valence-electron chi connectivity index (χ3n) is 4.92. The van der Waals surface area contributed by atoms with Gasteiger partial charge in [-0.1, -0.05) is 54.1 Å². The summed E-state index contributed by atoms with van der Waals surface area (Å²) in [7, 11) is -4.25. The van der Waals surface area contributed by atoms with Crippen LogP contribution >= 0.6 is 0 Å². The second-order valence-corrected chi connectivity index (χ2v) is 8.76. The maximum absolute atomic E-state index is 13.4. The highest BCUT2D eigenvalue weighted by molar-refractivity contribution is 7.89. The van der Waals surface area contributed by atoms with Crippen molar-refractivity contribution in [3.05, 3.63) is 77.9 Å². The Kier molecular flexibility index (Phi) is 4.61. The van der Waals surface area contributed by atoms with Crippen LogP contribution in [-0.4, -0.2) is 24.7 Å². The van der Waals surface area contributed by atoms with Gasteiger partial charge in [0.15, 0.2) is 0 Å². The number of halogens is 3. The van der Waals surface area contributed by atoms with Gasteiger partial charge in [0, 0.05) is 6.42 Å². The Morgan fingerprint density at radius 1 is 0.966 bits per heavy atom. The van der Waals surface area contributed by atoms with Gasteiger partial charge in [-0.3, -0.25) is 0 Å². The SMILES string of the molecule is Cc1ccc(S(=O)(=O)N2N=C(C(F)(F)F)CC2c2ccc3ccccc3c2)cc1. The second-order valence-electron chi connectivity index (χ2n) is 6.96. The van der Waals surface area contributed by atoms with Crippen molar-refractivity contribution in [3.63, 3.8) is 0 Å². The Morgan fingerprint density at radius 3 is 2.28 bits per heavy atom. The summed E-state index contributed by atoms with van der Waals surface area (Å²) in [5, 5.41) is 5.24. The van der Waals surface area contributed by atoms with Crippen LogP contribution in [0.2, 0.25) is 0 Å². The van der Waals surface area contributed by atoms with Crippen LogP contribution in [0.15, 0.2) is 76.7 Å². The lowest BCUT2D eigenvalue weighted by molar-refractivity contribution is -0.0600. The molecule has 1 atom stereocenters. The number of fused-ring (bicyclic) bond motifs is 1. The molecule has 1 aliphatic heterocycles. The molecule has 0 saturated heterocycles. The number of hydrogen-bond acceptors (Lipinski definition) is 3. The quantitative estimate of drug-likeness (QED) is 0.587. The van der Waals surface area contributed by atoms with Crippen LogP contribution in [-0.2, 0) is 10.0 Å². The Balaban J connectivity index is 1.82. The van der Waals surface area contributed by atoms with Gasteiger partial charge < -0.3 is 0 Å². The fourth-order valence-corrected chi connectivity index (χ4v) is 4.80. The molecule has 1 aliphatic rings. The molecule has 3 aromatic rings. The van der Waals surface area contributed by atoms with Crippen molar-refractivity contribution in [2.24, 2.45) is 5.10 Å². The molecule has 4 nitrogen and oxygen atoms in total. The van der Waals surface area contributed by atoms with Crippen molar-refractivity contribution < 1.29 is 21.6 Å². The molecule has 0 aliphatic carbocycles. The number of rotatable bonds is 3. The van der Waals surface area contributed by atoms with E-state index in [0.29, 0.717) is 9.98 Å². The highest BCUT2D eigenvalue weighted by atomic mass is 32.2. The molecule has 0 amide bonds. The molecule has 0 aromatic heterocycles. The summed E-state index contributed by atoms with van der Waals surface area (Å²) in [5.41, 5.74) is 0.199. The van der Waals surface area contributed by atoms with E-state index in [1.165, 1.54) is 12.1 Å². The fourth-order valence-electron chi connectivity index (χ4n) is 3.36. The van der Waals surface area contributed by atoms with Crippen molar-refractivity contribution in [1.29, 1.82) is 0 Å². The predicted octanol–water partition coefficient (Wildman–Crippen LogP) is 5.20. The first kappa shape index (κ1) is 19.4. The third kappa shape index (κ3) is 3.60. The lowest BCUT2D eigenvalue weighted by Crippen LogP contribution is -2.27. The van der Waals surface area contributed by atoms with Crippen molar-refractivity contribution >= 4 is 26.5 Å². The van der Waals surface area contributed by atoms with Crippen LogP contribution < -0.4 is 0 Å². The van der Waals surface area contributed by atoms with Crippen LogP contribution in [0, 0.1) is 6.92 Å². The van der Waals surface area contributed by atoms with Gasteiger partial charge in [0.2, 0.25) is 0 Å². The van der Waals surface area contributed by atoms with Crippen LogP contribution in [0.1, 0.15) is 23.6 Å². The minimum atomic E-state index is -4.70. The molecule has 0 spiro atoms. The molecule has 0 radical (unpaired) electrons. The van der Waals surface area contributed by atoms with E-state index in [-0.39, 0.29) is 4.90 Å². The largest absolute Gasteiger partial charge is 0.431 e. The van der Waals surface area contributed by atoms with Gasteiger partial charge in [0.05, 0.1) is 10.9 Å². The Morgan fingerprint density at radius 2 is 1.62 bits per heavy atom. The number of aryl methyl sites for hydroxylation is 1. The first-order chi connectivity index (χ1) is 13.7. The summed E-state index contributed by atoms with van der Waals surface area (Å²) >= 11 is 0. The standard InChI is InChI=1S/C21H17F3N2O2S/c1-14-6-10-18(11-7-14)29(27,28)26-19(13-20(25-26)21(22,23)24)17-9-8-15-4-2-3-5-16(15)12-17/h2-12,19H,13H2,1H3. The van der Waals surface area contributed by atoms with Gasteiger partial charge in [-0.2, -0.15) is 31.1 Å². The first-order valence-electron chi connectivity index (χ1n) is 8.91. The molecule has 150 valence electrons. The summed E-state index contributed by atoms with van der Waals surface area (Å²) in [6.07, 6.45) is -5.24. The molecule has 1 unspecified atom stereocenters. The number of benzene rings is 3. The second kappa shape index (κ2) is 6.88. The van der Waals surface area contributed by atoms with Gasteiger partial charge in [0.1, 0.15) is 5.71 Å². The molecule has 3 aromatic carbocycles. The maximum Gasteiger partial charge on any atom is 0.431 e. The summed E-state index contributed by atoms with van der Waals surface area (Å²) in [4.78, 5) is -0.0962. The zero-order valence-corrected chi connectivity index (χ0v) is 16.2. The Labute approximate surface area is 166 Å².